The molecule has 1 saturated carbocycles. The Balaban J connectivity index is 1.85. The Kier molecular flexibility index (Phi) is 8.30. The number of rotatable bonds is 8. The van der Waals surface area contributed by atoms with Gasteiger partial charge in [-0.2, -0.15) is 0 Å². The lowest BCUT2D eigenvalue weighted by molar-refractivity contribution is -0.139. The molecule has 0 atom stereocenters. The van der Waals surface area contributed by atoms with Gasteiger partial charge in [-0.3, -0.25) is 14.4 Å². The molecule has 0 spiro atoms. The van der Waals surface area contributed by atoms with E-state index in [2.05, 4.69) is 10.6 Å². The number of anilines is 1. The minimum absolute atomic E-state index is 0.0290. The highest BCUT2D eigenvalue weighted by Gasteiger charge is 2.26. The number of aryl methyl sites for hydroxylation is 1. The number of carbonyl (C=O) groups excluding carboxylic acids is 3. The maximum absolute atomic E-state index is 12.5. The smallest absolute Gasteiger partial charge is 0.243 e. The van der Waals surface area contributed by atoms with E-state index in [0.717, 1.165) is 37.7 Å². The Bertz CT molecular complexity index is 654. The Hall–Kier alpha value is -2.37. The molecular weight excluding hydrogens is 342 g/mol. The molecule has 3 amide bonds. The Morgan fingerprint density at radius 1 is 1.11 bits per heavy atom. The zero-order valence-electron chi connectivity index (χ0n) is 16.4. The zero-order chi connectivity index (χ0) is 19.6. The van der Waals surface area contributed by atoms with Crippen molar-refractivity contribution >= 4 is 23.4 Å². The van der Waals surface area contributed by atoms with E-state index < -0.39 is 0 Å². The van der Waals surface area contributed by atoms with Gasteiger partial charge in [-0.05, 0) is 43.9 Å². The highest BCUT2D eigenvalue weighted by atomic mass is 16.2. The van der Waals surface area contributed by atoms with E-state index in [-0.39, 0.29) is 36.9 Å². The van der Waals surface area contributed by atoms with Gasteiger partial charge in [0, 0.05) is 18.2 Å². The zero-order valence-corrected chi connectivity index (χ0v) is 16.4. The van der Waals surface area contributed by atoms with Crippen molar-refractivity contribution < 1.29 is 14.4 Å². The van der Waals surface area contributed by atoms with Crippen LogP contribution in [0.25, 0.3) is 0 Å². The van der Waals surface area contributed by atoms with Gasteiger partial charge in [-0.25, -0.2) is 0 Å². The van der Waals surface area contributed by atoms with E-state index in [1.165, 1.54) is 6.42 Å². The monoisotopic (exact) mass is 373 g/mol. The fourth-order valence-electron chi connectivity index (χ4n) is 3.49. The van der Waals surface area contributed by atoms with Crippen molar-refractivity contribution in [2.24, 2.45) is 0 Å². The second-order valence-electron chi connectivity index (χ2n) is 7.26. The van der Waals surface area contributed by atoms with Gasteiger partial charge in [-0.15, -0.1) is 0 Å². The largest absolute Gasteiger partial charge is 0.345 e. The van der Waals surface area contributed by atoms with Crippen LogP contribution in [0.2, 0.25) is 0 Å². The first-order chi connectivity index (χ1) is 13.0. The average Bonchev–Trinajstić information content (AvgIpc) is 2.65. The quantitative estimate of drug-likeness (QED) is 0.735. The maximum atomic E-state index is 12.5. The Labute approximate surface area is 161 Å². The molecule has 0 aromatic heterocycles. The topological polar surface area (TPSA) is 78.5 Å². The summed E-state index contributed by atoms with van der Waals surface area (Å²) in [5, 5.41) is 5.40. The van der Waals surface area contributed by atoms with Crippen LogP contribution in [0.15, 0.2) is 24.3 Å². The van der Waals surface area contributed by atoms with Crippen LogP contribution in [0.5, 0.6) is 0 Å². The number of nitrogens with zero attached hydrogens (tertiary/aromatic N) is 1. The third-order valence-electron chi connectivity index (χ3n) is 4.86. The van der Waals surface area contributed by atoms with Crippen LogP contribution in [-0.4, -0.2) is 41.8 Å². The molecule has 0 unspecified atom stereocenters. The molecule has 1 aliphatic rings. The lowest BCUT2D eigenvalue weighted by atomic mass is 9.94. The molecule has 148 valence electrons. The Morgan fingerprint density at radius 2 is 1.85 bits per heavy atom. The molecule has 2 N–H and O–H groups in total. The molecule has 0 bridgehead atoms. The van der Waals surface area contributed by atoms with Gasteiger partial charge < -0.3 is 15.5 Å². The summed E-state index contributed by atoms with van der Waals surface area (Å²) in [6, 6.07) is 7.63. The lowest BCUT2D eigenvalue weighted by Crippen LogP contribution is -2.48. The molecule has 6 heteroatoms. The normalized spacial score (nSPS) is 14.4. The summed E-state index contributed by atoms with van der Waals surface area (Å²) in [6.07, 6.45) is 6.52. The van der Waals surface area contributed by atoms with Crippen LogP contribution >= 0.6 is 0 Å². The third-order valence-corrected chi connectivity index (χ3v) is 4.86. The van der Waals surface area contributed by atoms with Crippen molar-refractivity contribution in [3.8, 4) is 0 Å². The van der Waals surface area contributed by atoms with Crippen LogP contribution in [0.1, 0.15) is 57.4 Å². The van der Waals surface area contributed by atoms with Gasteiger partial charge in [0.25, 0.3) is 0 Å². The van der Waals surface area contributed by atoms with E-state index in [1.807, 2.05) is 32.0 Å². The van der Waals surface area contributed by atoms with Gasteiger partial charge in [-0.1, -0.05) is 38.3 Å². The van der Waals surface area contributed by atoms with Crippen LogP contribution in [-0.2, 0) is 14.4 Å². The first kappa shape index (κ1) is 20.9. The number of carbonyl (C=O) groups is 3. The predicted octanol–water partition coefficient (Wildman–Crippen LogP) is 3.01. The third kappa shape index (κ3) is 7.04. The number of nitrogens with one attached hydrogen (secondary N) is 2. The minimum atomic E-state index is -0.288. The van der Waals surface area contributed by atoms with Crippen LogP contribution in [0.3, 0.4) is 0 Å². The predicted molar refractivity (Wildman–Crippen MR) is 106 cm³/mol. The van der Waals surface area contributed by atoms with Crippen molar-refractivity contribution in [3.63, 3.8) is 0 Å². The Morgan fingerprint density at radius 3 is 2.52 bits per heavy atom. The summed E-state index contributed by atoms with van der Waals surface area (Å²) in [7, 11) is 0. The molecule has 2 rings (SSSR count). The summed E-state index contributed by atoms with van der Waals surface area (Å²) in [4.78, 5) is 38.6. The van der Waals surface area contributed by atoms with E-state index in [4.69, 9.17) is 0 Å². The molecule has 0 saturated heterocycles. The van der Waals surface area contributed by atoms with Gasteiger partial charge in [0.05, 0.1) is 13.1 Å². The minimum Gasteiger partial charge on any atom is -0.345 e. The van der Waals surface area contributed by atoms with Crippen LogP contribution in [0.4, 0.5) is 5.69 Å². The SMILES string of the molecule is CCCC(=O)N(CC(=O)NCC(=O)Nc1cccc(C)c1)C1CCCCC1. The highest BCUT2D eigenvalue weighted by molar-refractivity contribution is 5.95. The molecule has 6 nitrogen and oxygen atoms in total. The molecule has 1 aromatic rings. The fraction of sp³-hybridized carbons (Fsp3) is 0.571. The van der Waals surface area contributed by atoms with E-state index in [0.29, 0.717) is 12.1 Å². The summed E-state index contributed by atoms with van der Waals surface area (Å²) in [6.45, 7) is 3.84. The molecule has 0 radical (unpaired) electrons. The number of hydrogen-bond donors (Lipinski definition) is 2. The van der Waals surface area contributed by atoms with Gasteiger partial charge in [0.1, 0.15) is 0 Å². The van der Waals surface area contributed by atoms with Crippen molar-refractivity contribution in [2.75, 3.05) is 18.4 Å². The van der Waals surface area contributed by atoms with Gasteiger partial charge >= 0.3 is 0 Å². The molecular formula is C21H31N3O3. The van der Waals surface area contributed by atoms with Gasteiger partial charge in [0.15, 0.2) is 0 Å². The first-order valence-electron chi connectivity index (χ1n) is 9.92. The molecule has 1 aromatic carbocycles. The van der Waals surface area contributed by atoms with Crippen molar-refractivity contribution in [1.29, 1.82) is 0 Å². The maximum Gasteiger partial charge on any atom is 0.243 e. The van der Waals surface area contributed by atoms with Crippen molar-refractivity contribution in [2.45, 2.75) is 64.8 Å². The number of hydrogen-bond acceptors (Lipinski definition) is 3. The van der Waals surface area contributed by atoms with Gasteiger partial charge in [0.2, 0.25) is 17.7 Å². The van der Waals surface area contributed by atoms with Crippen molar-refractivity contribution in [3.05, 3.63) is 29.8 Å². The average molecular weight is 373 g/mol. The van der Waals surface area contributed by atoms with E-state index >= 15 is 0 Å². The highest BCUT2D eigenvalue weighted by Crippen LogP contribution is 2.23. The van der Waals surface area contributed by atoms with Crippen molar-refractivity contribution in [1.82, 2.24) is 10.2 Å². The summed E-state index contributed by atoms with van der Waals surface area (Å²) >= 11 is 0. The van der Waals surface area contributed by atoms with E-state index in [9.17, 15) is 14.4 Å². The first-order valence-corrected chi connectivity index (χ1v) is 9.92. The number of amides is 3. The van der Waals surface area contributed by atoms with Crippen LogP contribution < -0.4 is 10.6 Å². The second-order valence-corrected chi connectivity index (χ2v) is 7.26. The molecule has 1 fully saturated rings. The van der Waals surface area contributed by atoms with E-state index in [1.54, 1.807) is 11.0 Å². The molecule has 0 aliphatic heterocycles. The molecule has 0 heterocycles. The summed E-state index contributed by atoms with van der Waals surface area (Å²) < 4.78 is 0. The second kappa shape index (κ2) is 10.7. The molecule has 27 heavy (non-hydrogen) atoms. The fourth-order valence-corrected chi connectivity index (χ4v) is 3.49. The molecule has 1 aliphatic carbocycles. The number of benzene rings is 1. The van der Waals surface area contributed by atoms with Crippen LogP contribution in [0, 0.1) is 6.92 Å². The summed E-state index contributed by atoms with van der Waals surface area (Å²) in [5.74, 6) is -0.536. The standard InChI is InChI=1S/C21H31N3O3/c1-3-8-21(27)24(18-11-5-4-6-12-18)15-20(26)22-14-19(25)23-17-10-7-9-16(2)13-17/h7,9-10,13,18H,3-6,8,11-12,14-15H2,1-2H3,(H,22,26)(H,23,25). The summed E-state index contributed by atoms with van der Waals surface area (Å²) in [5.41, 5.74) is 1.76. The lowest BCUT2D eigenvalue weighted by Gasteiger charge is -2.34.